The number of halogens is 1. The van der Waals surface area contributed by atoms with Crippen molar-refractivity contribution in [2.75, 3.05) is 7.11 Å². The van der Waals surface area contributed by atoms with Crippen LogP contribution in [-0.4, -0.2) is 18.2 Å². The van der Waals surface area contributed by atoms with Gasteiger partial charge in [-0.05, 0) is 18.2 Å². The van der Waals surface area contributed by atoms with Crippen molar-refractivity contribution in [1.29, 1.82) is 0 Å². The first kappa shape index (κ1) is 11.2. The van der Waals surface area contributed by atoms with Crippen LogP contribution in [0.4, 0.5) is 4.39 Å². The Morgan fingerprint density at radius 1 is 1.60 bits per heavy atom. The molecule has 0 bridgehead atoms. The van der Waals surface area contributed by atoms with Crippen molar-refractivity contribution in [3.63, 3.8) is 0 Å². The average molecular weight is 208 g/mol. The summed E-state index contributed by atoms with van der Waals surface area (Å²) in [7, 11) is 1.22. The third-order valence-electron chi connectivity index (χ3n) is 1.71. The lowest BCUT2D eigenvalue weighted by Crippen LogP contribution is -1.95. The van der Waals surface area contributed by atoms with Crippen LogP contribution >= 0.6 is 0 Å². The third-order valence-corrected chi connectivity index (χ3v) is 1.71. The second-order valence-corrected chi connectivity index (χ2v) is 2.71. The largest absolute Gasteiger partial charge is 0.459 e. The topological polar surface area (TPSA) is 46.5 Å². The molecule has 1 aromatic rings. The maximum absolute atomic E-state index is 12.9. The van der Waals surface area contributed by atoms with Crippen LogP contribution in [0.5, 0.6) is 0 Å². The molecule has 0 atom stereocenters. The first-order chi connectivity index (χ1) is 7.17. The number of aliphatic hydroxyl groups is 1. The Labute approximate surface area is 86.5 Å². The van der Waals surface area contributed by atoms with Gasteiger partial charge in [0.25, 0.3) is 0 Å². The molecule has 0 spiro atoms. The molecule has 1 aromatic carbocycles. The second-order valence-electron chi connectivity index (χ2n) is 2.71. The number of methoxy groups -OCH3 is 1. The molecule has 15 heavy (non-hydrogen) atoms. The highest BCUT2D eigenvalue weighted by atomic mass is 19.1. The van der Waals surface area contributed by atoms with Gasteiger partial charge in [-0.3, -0.25) is 0 Å². The van der Waals surface area contributed by atoms with E-state index in [0.717, 1.165) is 0 Å². The fraction of sp³-hybridized carbons (Fsp3) is 0.182. The molecule has 0 amide bonds. The normalized spacial score (nSPS) is 9.00. The van der Waals surface area contributed by atoms with Gasteiger partial charge >= 0.3 is 5.97 Å². The minimum absolute atomic E-state index is 0.145. The van der Waals surface area contributed by atoms with Crippen LogP contribution in [0, 0.1) is 17.7 Å². The van der Waals surface area contributed by atoms with Gasteiger partial charge in [0.2, 0.25) is 0 Å². The first-order valence-corrected chi connectivity index (χ1v) is 4.16. The van der Waals surface area contributed by atoms with E-state index < -0.39 is 18.4 Å². The molecule has 0 saturated heterocycles. The molecule has 1 N–H and O–H groups in total. The van der Waals surface area contributed by atoms with E-state index in [2.05, 4.69) is 16.6 Å². The molecule has 0 aliphatic rings. The van der Waals surface area contributed by atoms with Gasteiger partial charge in [-0.1, -0.05) is 5.92 Å². The molecular weight excluding hydrogens is 199 g/mol. The second kappa shape index (κ2) is 5.13. The van der Waals surface area contributed by atoms with E-state index >= 15 is 0 Å². The molecule has 0 fully saturated rings. The fourth-order valence-corrected chi connectivity index (χ4v) is 0.948. The van der Waals surface area contributed by atoms with E-state index in [-0.39, 0.29) is 5.56 Å². The van der Waals surface area contributed by atoms with E-state index in [1.807, 2.05) is 0 Å². The molecule has 4 heteroatoms. The van der Waals surface area contributed by atoms with Crippen LogP contribution < -0.4 is 0 Å². The van der Waals surface area contributed by atoms with Gasteiger partial charge in [-0.2, -0.15) is 0 Å². The Bertz CT molecular complexity index is 429. The fourth-order valence-electron chi connectivity index (χ4n) is 0.948. The molecule has 3 nitrogen and oxygen atoms in total. The van der Waals surface area contributed by atoms with Crippen LogP contribution in [0.15, 0.2) is 18.2 Å². The Morgan fingerprint density at radius 2 is 2.33 bits per heavy atom. The summed E-state index contributed by atoms with van der Waals surface area (Å²) in [6.07, 6.45) is 0. The Hall–Kier alpha value is -1.86. The van der Waals surface area contributed by atoms with Crippen molar-refractivity contribution in [3.05, 3.63) is 35.1 Å². The zero-order chi connectivity index (χ0) is 11.3. The number of hydrogen-bond donors (Lipinski definition) is 1. The predicted octanol–water partition coefficient (Wildman–Crippen LogP) is 0.843. The highest BCUT2D eigenvalue weighted by Gasteiger charge is 2.00. The minimum atomic E-state index is -0.662. The molecular formula is C11H9FO3. The smallest absolute Gasteiger partial charge is 0.384 e. The van der Waals surface area contributed by atoms with Crippen LogP contribution in [-0.2, 0) is 16.1 Å². The van der Waals surface area contributed by atoms with Crippen LogP contribution in [0.25, 0.3) is 0 Å². The highest BCUT2D eigenvalue weighted by Crippen LogP contribution is 2.09. The van der Waals surface area contributed by atoms with E-state index in [0.29, 0.717) is 5.56 Å². The summed E-state index contributed by atoms with van der Waals surface area (Å²) in [4.78, 5) is 10.7. The monoisotopic (exact) mass is 208 g/mol. The van der Waals surface area contributed by atoms with Crippen molar-refractivity contribution >= 4 is 5.97 Å². The lowest BCUT2D eigenvalue weighted by atomic mass is 10.1. The zero-order valence-electron chi connectivity index (χ0n) is 8.08. The molecule has 0 heterocycles. The summed E-state index contributed by atoms with van der Waals surface area (Å²) in [5, 5.41) is 8.79. The number of carbonyl (C=O) groups is 1. The summed E-state index contributed by atoms with van der Waals surface area (Å²) >= 11 is 0. The van der Waals surface area contributed by atoms with Gasteiger partial charge in [0.05, 0.1) is 13.7 Å². The number of carbonyl (C=O) groups excluding carboxylic acids is 1. The van der Waals surface area contributed by atoms with E-state index in [1.165, 1.54) is 25.3 Å². The molecule has 0 saturated carbocycles. The number of benzene rings is 1. The van der Waals surface area contributed by atoms with Gasteiger partial charge in [0.15, 0.2) is 0 Å². The maximum Gasteiger partial charge on any atom is 0.384 e. The van der Waals surface area contributed by atoms with E-state index in [4.69, 9.17) is 5.11 Å². The molecule has 0 unspecified atom stereocenters. The molecule has 78 valence electrons. The highest BCUT2D eigenvalue weighted by molar-refractivity contribution is 5.88. The van der Waals surface area contributed by atoms with Crippen molar-refractivity contribution in [2.45, 2.75) is 6.61 Å². The zero-order valence-corrected chi connectivity index (χ0v) is 8.08. The Balaban J connectivity index is 2.95. The molecule has 0 aliphatic heterocycles. The van der Waals surface area contributed by atoms with Crippen LogP contribution in [0.2, 0.25) is 0 Å². The number of rotatable bonds is 1. The van der Waals surface area contributed by atoms with Crippen molar-refractivity contribution in [2.24, 2.45) is 0 Å². The lowest BCUT2D eigenvalue weighted by molar-refractivity contribution is -0.133. The van der Waals surface area contributed by atoms with E-state index in [1.54, 1.807) is 0 Å². The average Bonchev–Trinajstić information content (AvgIpc) is 2.27. The standard InChI is InChI=1S/C11H9FO3/c1-15-11(14)5-3-8-2-4-10(12)9(6-8)7-13/h2,4,6,13H,7H2,1H3. The van der Waals surface area contributed by atoms with Gasteiger partial charge in [-0.15, -0.1) is 0 Å². The summed E-state index contributed by atoms with van der Waals surface area (Å²) in [6, 6.07) is 3.99. The number of ether oxygens (including phenoxy) is 1. The minimum Gasteiger partial charge on any atom is -0.459 e. The van der Waals surface area contributed by atoms with Gasteiger partial charge < -0.3 is 9.84 Å². The van der Waals surface area contributed by atoms with Crippen molar-refractivity contribution < 1.29 is 19.0 Å². The quantitative estimate of drug-likeness (QED) is 0.549. The third kappa shape index (κ3) is 3.08. The summed E-state index contributed by atoms with van der Waals surface area (Å²) in [6.45, 7) is -0.403. The molecule has 0 aliphatic carbocycles. The van der Waals surface area contributed by atoms with Crippen molar-refractivity contribution in [1.82, 2.24) is 0 Å². The predicted molar refractivity (Wildman–Crippen MR) is 51.2 cm³/mol. The van der Waals surface area contributed by atoms with Gasteiger partial charge in [0.1, 0.15) is 5.82 Å². The Morgan fingerprint density at radius 3 is 2.93 bits per heavy atom. The van der Waals surface area contributed by atoms with Gasteiger partial charge in [-0.25, -0.2) is 9.18 Å². The van der Waals surface area contributed by atoms with Crippen LogP contribution in [0.1, 0.15) is 11.1 Å². The number of hydrogen-bond acceptors (Lipinski definition) is 3. The Kier molecular flexibility index (Phi) is 3.83. The summed E-state index contributed by atoms with van der Waals surface area (Å²) in [5.41, 5.74) is 0.595. The number of esters is 1. The summed E-state index contributed by atoms with van der Waals surface area (Å²) in [5.74, 6) is 3.54. The molecule has 0 radical (unpaired) electrons. The molecule has 1 rings (SSSR count). The maximum atomic E-state index is 12.9. The van der Waals surface area contributed by atoms with Crippen LogP contribution in [0.3, 0.4) is 0 Å². The SMILES string of the molecule is COC(=O)C#Cc1ccc(F)c(CO)c1. The molecule has 0 aromatic heterocycles. The van der Waals surface area contributed by atoms with E-state index in [9.17, 15) is 9.18 Å². The van der Waals surface area contributed by atoms with Crippen molar-refractivity contribution in [3.8, 4) is 11.8 Å². The lowest BCUT2D eigenvalue weighted by Gasteiger charge is -1.98. The summed E-state index contributed by atoms with van der Waals surface area (Å²) < 4.78 is 17.3. The number of aliphatic hydroxyl groups excluding tert-OH is 1. The van der Waals surface area contributed by atoms with Gasteiger partial charge in [0, 0.05) is 17.0 Å². The first-order valence-electron chi connectivity index (χ1n) is 4.16.